The number of likely N-dealkylation sites (tertiary alicyclic amines) is 1. The monoisotopic (exact) mass is 404 g/mol. The molecule has 9 heteroatoms. The molecule has 7 rings (SSSR count). The molecule has 9 nitrogen and oxygen atoms in total. The number of nitrogens with zero attached hydrogens (tertiary/aromatic N) is 4. The summed E-state index contributed by atoms with van der Waals surface area (Å²) in [6.45, 7) is 0. The molecule has 2 aromatic rings. The van der Waals surface area contributed by atoms with Crippen molar-refractivity contribution < 1.29 is 23.6 Å². The molecule has 0 radical (unpaired) electrons. The maximum Gasteiger partial charge on any atom is 0.332 e. The molecular formula is C21H16N4O5. The highest BCUT2D eigenvalue weighted by atomic mass is 16.4. The van der Waals surface area contributed by atoms with Crippen molar-refractivity contribution in [3.63, 3.8) is 0 Å². The third-order valence-corrected chi connectivity index (χ3v) is 6.86. The molecule has 4 amide bonds. The zero-order valence-electron chi connectivity index (χ0n) is 15.8. The van der Waals surface area contributed by atoms with E-state index >= 15 is 0 Å². The van der Waals surface area contributed by atoms with Crippen LogP contribution < -0.4 is 4.90 Å². The van der Waals surface area contributed by atoms with Gasteiger partial charge in [0.15, 0.2) is 0 Å². The maximum absolute atomic E-state index is 13.3. The number of imide groups is 2. The Morgan fingerprint density at radius 1 is 0.767 bits per heavy atom. The van der Waals surface area contributed by atoms with Crippen LogP contribution in [0, 0.1) is 35.5 Å². The third kappa shape index (κ3) is 1.96. The number of hydrogen-bond acceptors (Lipinski definition) is 7. The minimum Gasteiger partial charge on any atom is -0.403 e. The number of hydrogen-bond donors (Lipinski definition) is 0. The van der Waals surface area contributed by atoms with E-state index in [0.29, 0.717) is 5.56 Å². The summed E-state index contributed by atoms with van der Waals surface area (Å²) in [5.74, 6) is -4.89. The molecular weight excluding hydrogens is 388 g/mol. The van der Waals surface area contributed by atoms with Crippen molar-refractivity contribution in [1.29, 1.82) is 0 Å². The van der Waals surface area contributed by atoms with E-state index in [-0.39, 0.29) is 23.7 Å². The molecule has 1 aromatic carbocycles. The third-order valence-electron chi connectivity index (χ3n) is 6.86. The smallest absolute Gasteiger partial charge is 0.332 e. The van der Waals surface area contributed by atoms with E-state index in [2.05, 4.69) is 10.2 Å². The first-order valence-electron chi connectivity index (χ1n) is 9.75. The first kappa shape index (κ1) is 17.3. The minimum absolute atomic E-state index is 0.183. The lowest BCUT2D eigenvalue weighted by atomic mass is 9.54. The van der Waals surface area contributed by atoms with E-state index in [9.17, 15) is 19.2 Å². The van der Waals surface area contributed by atoms with Gasteiger partial charge in [-0.3, -0.25) is 24.1 Å². The quantitative estimate of drug-likeness (QED) is 0.539. The lowest BCUT2D eigenvalue weighted by Gasteiger charge is -2.44. The summed E-state index contributed by atoms with van der Waals surface area (Å²) in [6, 6.07) is 8.85. The fourth-order valence-corrected chi connectivity index (χ4v) is 5.57. The standard InChI is InChI=1S/C21H16N4O5/c1-24-17(26)12-10-7-8-11(13(12)18(24)27)15-14(10)19(28)25(20(15)29)21-23-22-16(30-21)9-5-3-2-4-6-9/h2-8,10-15H,1H3. The van der Waals surface area contributed by atoms with Crippen LogP contribution in [0.15, 0.2) is 46.9 Å². The van der Waals surface area contributed by atoms with E-state index in [0.717, 1.165) is 9.80 Å². The Morgan fingerprint density at radius 3 is 1.87 bits per heavy atom. The van der Waals surface area contributed by atoms with Gasteiger partial charge in [-0.25, -0.2) is 0 Å². The van der Waals surface area contributed by atoms with Crippen LogP contribution in [0.25, 0.3) is 11.5 Å². The molecule has 6 unspecified atom stereocenters. The predicted molar refractivity (Wildman–Crippen MR) is 100 cm³/mol. The van der Waals surface area contributed by atoms with Gasteiger partial charge in [0.25, 0.3) is 0 Å². The molecule has 2 bridgehead atoms. The van der Waals surface area contributed by atoms with Crippen molar-refractivity contribution in [3.05, 3.63) is 42.5 Å². The molecule has 3 fully saturated rings. The second kappa shape index (κ2) is 5.71. The summed E-state index contributed by atoms with van der Waals surface area (Å²) in [7, 11) is 1.46. The van der Waals surface area contributed by atoms with Gasteiger partial charge < -0.3 is 4.42 Å². The molecule has 6 atom stereocenters. The highest BCUT2D eigenvalue weighted by Gasteiger charge is 2.68. The number of allylic oxidation sites excluding steroid dienone is 2. The molecule has 1 saturated carbocycles. The lowest BCUT2D eigenvalue weighted by Crippen LogP contribution is -2.50. The number of rotatable bonds is 2. The molecule has 3 aliphatic carbocycles. The summed E-state index contributed by atoms with van der Waals surface area (Å²) in [6.07, 6.45) is 3.63. The van der Waals surface area contributed by atoms with Crippen molar-refractivity contribution in [2.75, 3.05) is 11.9 Å². The summed E-state index contributed by atoms with van der Waals surface area (Å²) in [4.78, 5) is 53.9. The average molecular weight is 404 g/mol. The van der Waals surface area contributed by atoms with Crippen LogP contribution in [0.5, 0.6) is 0 Å². The highest BCUT2D eigenvalue weighted by Crippen LogP contribution is 2.57. The second-order valence-electron chi connectivity index (χ2n) is 8.15. The predicted octanol–water partition coefficient (Wildman–Crippen LogP) is 0.889. The highest BCUT2D eigenvalue weighted by molar-refractivity contribution is 6.22. The zero-order chi connectivity index (χ0) is 20.7. The van der Waals surface area contributed by atoms with Gasteiger partial charge in [0, 0.05) is 24.4 Å². The van der Waals surface area contributed by atoms with Crippen LogP contribution in [0.4, 0.5) is 6.01 Å². The summed E-state index contributed by atoms with van der Waals surface area (Å²) < 4.78 is 5.64. The van der Waals surface area contributed by atoms with E-state index in [1.54, 1.807) is 12.1 Å². The van der Waals surface area contributed by atoms with Crippen molar-refractivity contribution in [3.8, 4) is 11.5 Å². The molecule has 2 saturated heterocycles. The van der Waals surface area contributed by atoms with Crippen LogP contribution in [0.1, 0.15) is 0 Å². The van der Waals surface area contributed by atoms with E-state index < -0.39 is 47.3 Å². The Labute approximate surface area is 170 Å². The Bertz CT molecular complexity index is 1110. The van der Waals surface area contributed by atoms with Crippen LogP contribution >= 0.6 is 0 Å². The number of amides is 4. The lowest BCUT2D eigenvalue weighted by molar-refractivity contribution is -0.138. The van der Waals surface area contributed by atoms with Gasteiger partial charge in [0.05, 0.1) is 23.7 Å². The van der Waals surface area contributed by atoms with Crippen molar-refractivity contribution >= 4 is 29.6 Å². The molecule has 30 heavy (non-hydrogen) atoms. The first-order chi connectivity index (χ1) is 14.5. The Hall–Kier alpha value is -3.62. The summed E-state index contributed by atoms with van der Waals surface area (Å²) in [5.41, 5.74) is 0.670. The maximum atomic E-state index is 13.3. The second-order valence-corrected chi connectivity index (χ2v) is 8.15. The number of carbonyl (C=O) groups excluding carboxylic acids is 4. The SMILES string of the molecule is CN1C(=O)C2C3C=CC(C2C1=O)C1C(=O)N(c2nnc(-c4ccccc4)o2)C(=O)C31. The van der Waals surface area contributed by atoms with E-state index in [1.807, 2.05) is 30.4 Å². The van der Waals surface area contributed by atoms with Crippen LogP contribution in [-0.4, -0.2) is 45.8 Å². The molecule has 3 heterocycles. The molecule has 5 aliphatic rings. The average Bonchev–Trinajstić information content (AvgIpc) is 3.42. The van der Waals surface area contributed by atoms with Gasteiger partial charge >= 0.3 is 6.01 Å². The van der Waals surface area contributed by atoms with Gasteiger partial charge in [-0.1, -0.05) is 35.4 Å². The minimum atomic E-state index is -0.705. The van der Waals surface area contributed by atoms with Gasteiger partial charge in [-0.15, -0.1) is 5.10 Å². The van der Waals surface area contributed by atoms with Gasteiger partial charge in [0.1, 0.15) is 0 Å². The van der Waals surface area contributed by atoms with Crippen molar-refractivity contribution in [1.82, 2.24) is 15.1 Å². The number of carbonyl (C=O) groups is 4. The van der Waals surface area contributed by atoms with Crippen LogP contribution in [0.3, 0.4) is 0 Å². The van der Waals surface area contributed by atoms with Crippen LogP contribution in [0.2, 0.25) is 0 Å². The Kier molecular flexibility index (Phi) is 3.29. The van der Waals surface area contributed by atoms with Gasteiger partial charge in [-0.05, 0) is 12.1 Å². The molecule has 150 valence electrons. The largest absolute Gasteiger partial charge is 0.403 e. The van der Waals surface area contributed by atoms with Gasteiger partial charge in [-0.2, -0.15) is 4.90 Å². The molecule has 0 N–H and O–H groups in total. The summed E-state index contributed by atoms with van der Waals surface area (Å²) >= 11 is 0. The normalized spacial score (nSPS) is 34.2. The topological polar surface area (TPSA) is 114 Å². The number of benzene rings is 1. The fourth-order valence-electron chi connectivity index (χ4n) is 5.57. The number of aromatic nitrogens is 2. The Morgan fingerprint density at radius 2 is 1.30 bits per heavy atom. The van der Waals surface area contributed by atoms with E-state index in [1.165, 1.54) is 7.05 Å². The zero-order valence-corrected chi connectivity index (χ0v) is 15.8. The number of anilines is 1. The van der Waals surface area contributed by atoms with E-state index in [4.69, 9.17) is 4.42 Å². The van der Waals surface area contributed by atoms with Crippen LogP contribution in [-0.2, 0) is 19.2 Å². The summed E-state index contributed by atoms with van der Waals surface area (Å²) in [5, 5.41) is 7.89. The fraction of sp³-hybridized carbons (Fsp3) is 0.333. The van der Waals surface area contributed by atoms with Crippen molar-refractivity contribution in [2.45, 2.75) is 0 Å². The van der Waals surface area contributed by atoms with Crippen molar-refractivity contribution in [2.24, 2.45) is 35.5 Å². The molecule has 2 aliphatic heterocycles. The molecule has 0 spiro atoms. The molecule has 1 aromatic heterocycles. The first-order valence-corrected chi connectivity index (χ1v) is 9.75. The Balaban J connectivity index is 1.39. The van der Waals surface area contributed by atoms with Gasteiger partial charge in [0.2, 0.25) is 29.5 Å².